The molecule has 8 nitrogen and oxygen atoms in total. The molecule has 0 saturated heterocycles. The molecule has 1 unspecified atom stereocenters. The Kier molecular flexibility index (Phi) is 5.08. The third kappa shape index (κ3) is 4.23. The summed E-state index contributed by atoms with van der Waals surface area (Å²) < 4.78 is 1.92. The molecule has 1 atom stereocenters. The second-order valence-corrected chi connectivity index (χ2v) is 5.77. The van der Waals surface area contributed by atoms with E-state index >= 15 is 0 Å². The highest BCUT2D eigenvalue weighted by Crippen LogP contribution is 2.18. The minimum absolute atomic E-state index is 0.101. The fraction of sp³-hybridized carbons (Fsp3) is 0.294. The van der Waals surface area contributed by atoms with Crippen molar-refractivity contribution in [2.45, 2.75) is 25.4 Å². The van der Waals surface area contributed by atoms with Crippen LogP contribution >= 0.6 is 0 Å². The Labute approximate surface area is 144 Å². The number of benzene rings is 1. The number of rotatable bonds is 6. The number of carbonyl (C=O) groups is 3. The number of aryl methyl sites for hydroxylation is 1. The van der Waals surface area contributed by atoms with Gasteiger partial charge in [0.2, 0.25) is 11.8 Å². The third-order valence-electron chi connectivity index (χ3n) is 3.92. The van der Waals surface area contributed by atoms with Gasteiger partial charge < -0.3 is 20.5 Å². The Bertz CT molecular complexity index is 772. The summed E-state index contributed by atoms with van der Waals surface area (Å²) in [6, 6.07) is 5.85. The average Bonchev–Trinajstić information content (AvgIpc) is 3.08. The van der Waals surface area contributed by atoms with E-state index in [0.717, 1.165) is 13.0 Å². The summed E-state index contributed by atoms with van der Waals surface area (Å²) in [6.45, 7) is 1.23. The van der Waals surface area contributed by atoms with Crippen LogP contribution in [0.1, 0.15) is 23.2 Å². The van der Waals surface area contributed by atoms with Crippen molar-refractivity contribution in [3.8, 4) is 0 Å². The van der Waals surface area contributed by atoms with Gasteiger partial charge in [-0.05, 0) is 18.6 Å². The predicted octanol–water partition coefficient (Wildman–Crippen LogP) is 0.530. The average molecular weight is 341 g/mol. The predicted molar refractivity (Wildman–Crippen MR) is 90.8 cm³/mol. The summed E-state index contributed by atoms with van der Waals surface area (Å²) in [7, 11) is 0. The fourth-order valence-electron chi connectivity index (χ4n) is 2.62. The van der Waals surface area contributed by atoms with Gasteiger partial charge in [-0.1, -0.05) is 12.1 Å². The molecule has 0 bridgehead atoms. The lowest BCUT2D eigenvalue weighted by Gasteiger charge is -2.14. The number of aromatic nitrogens is 2. The molecule has 0 radical (unpaired) electrons. The van der Waals surface area contributed by atoms with Crippen LogP contribution in [0.5, 0.6) is 0 Å². The lowest BCUT2D eigenvalue weighted by atomic mass is 10.1. The van der Waals surface area contributed by atoms with E-state index in [-0.39, 0.29) is 18.2 Å². The van der Waals surface area contributed by atoms with Crippen LogP contribution in [0.2, 0.25) is 0 Å². The highest BCUT2D eigenvalue weighted by Gasteiger charge is 2.29. The van der Waals surface area contributed by atoms with Gasteiger partial charge in [0.25, 0.3) is 5.91 Å². The number of imidazole rings is 1. The number of anilines is 1. The molecule has 130 valence electrons. The molecular formula is C17H19N5O3. The number of fused-ring (bicyclic) bond motifs is 1. The van der Waals surface area contributed by atoms with Crippen LogP contribution in [0.3, 0.4) is 0 Å². The Morgan fingerprint density at radius 2 is 2.12 bits per heavy atom. The van der Waals surface area contributed by atoms with Crippen molar-refractivity contribution >= 4 is 23.4 Å². The lowest BCUT2D eigenvalue weighted by Crippen LogP contribution is -2.44. The van der Waals surface area contributed by atoms with Crippen LogP contribution in [-0.2, 0) is 16.1 Å². The Morgan fingerprint density at radius 1 is 1.28 bits per heavy atom. The summed E-state index contributed by atoms with van der Waals surface area (Å²) in [5.41, 5.74) is 0.840. The molecule has 1 aliphatic rings. The second-order valence-electron chi connectivity index (χ2n) is 5.77. The quantitative estimate of drug-likeness (QED) is 0.667. The van der Waals surface area contributed by atoms with Gasteiger partial charge >= 0.3 is 0 Å². The first-order valence-electron chi connectivity index (χ1n) is 8.06. The summed E-state index contributed by atoms with van der Waals surface area (Å²) in [5.74, 6) is -1.05. The number of amides is 3. The first kappa shape index (κ1) is 16.7. The van der Waals surface area contributed by atoms with E-state index in [4.69, 9.17) is 0 Å². The molecule has 0 fully saturated rings. The van der Waals surface area contributed by atoms with E-state index in [1.807, 2.05) is 10.8 Å². The van der Waals surface area contributed by atoms with E-state index in [1.54, 1.807) is 36.8 Å². The molecule has 0 aliphatic carbocycles. The minimum atomic E-state index is -0.895. The van der Waals surface area contributed by atoms with E-state index in [0.29, 0.717) is 17.8 Å². The van der Waals surface area contributed by atoms with Gasteiger partial charge in [-0.15, -0.1) is 0 Å². The summed E-state index contributed by atoms with van der Waals surface area (Å²) in [4.78, 5) is 40.4. The number of hydrogen-bond acceptors (Lipinski definition) is 4. The molecule has 8 heteroatoms. The van der Waals surface area contributed by atoms with Gasteiger partial charge in [0.15, 0.2) is 0 Å². The van der Waals surface area contributed by atoms with Crippen LogP contribution in [0.4, 0.5) is 5.69 Å². The maximum absolute atomic E-state index is 12.2. The number of nitrogens with zero attached hydrogens (tertiary/aromatic N) is 2. The molecule has 25 heavy (non-hydrogen) atoms. The largest absolute Gasteiger partial charge is 0.356 e. The van der Waals surface area contributed by atoms with E-state index in [2.05, 4.69) is 20.9 Å². The van der Waals surface area contributed by atoms with E-state index < -0.39 is 11.9 Å². The van der Waals surface area contributed by atoms with Gasteiger partial charge in [0.05, 0.1) is 24.0 Å². The summed E-state index contributed by atoms with van der Waals surface area (Å²) in [6.07, 6.45) is 5.91. The van der Waals surface area contributed by atoms with Crippen LogP contribution in [-0.4, -0.2) is 39.9 Å². The lowest BCUT2D eigenvalue weighted by molar-refractivity contribution is -0.125. The van der Waals surface area contributed by atoms with E-state index in [9.17, 15) is 14.4 Å². The van der Waals surface area contributed by atoms with Crippen molar-refractivity contribution in [1.29, 1.82) is 0 Å². The van der Waals surface area contributed by atoms with Gasteiger partial charge in [-0.2, -0.15) is 0 Å². The monoisotopic (exact) mass is 341 g/mol. The van der Waals surface area contributed by atoms with Crippen molar-refractivity contribution in [3.63, 3.8) is 0 Å². The minimum Gasteiger partial charge on any atom is -0.356 e. The Morgan fingerprint density at radius 3 is 2.92 bits per heavy atom. The molecule has 1 aliphatic heterocycles. The number of carbonyl (C=O) groups excluding carboxylic acids is 3. The Hall–Kier alpha value is -3.16. The normalized spacial score (nSPS) is 16.4. The number of para-hydroxylation sites is 1. The van der Waals surface area contributed by atoms with Crippen molar-refractivity contribution < 1.29 is 14.4 Å². The zero-order chi connectivity index (χ0) is 17.6. The molecule has 2 heterocycles. The number of hydrogen-bond donors (Lipinski definition) is 3. The molecule has 1 aromatic heterocycles. The maximum atomic E-state index is 12.2. The third-order valence-corrected chi connectivity index (χ3v) is 3.92. The Balaban J connectivity index is 1.49. The van der Waals surface area contributed by atoms with Gasteiger partial charge in [-0.25, -0.2) is 4.98 Å². The first-order chi connectivity index (χ1) is 12.1. The molecular weight excluding hydrogens is 322 g/mol. The summed E-state index contributed by atoms with van der Waals surface area (Å²) in [5, 5.41) is 8.05. The first-order valence-corrected chi connectivity index (χ1v) is 8.06. The smallest absolute Gasteiger partial charge is 0.254 e. The molecule has 3 rings (SSSR count). The van der Waals surface area contributed by atoms with Gasteiger partial charge in [-0.3, -0.25) is 14.4 Å². The maximum Gasteiger partial charge on any atom is 0.254 e. The number of nitrogens with one attached hydrogen (secondary N) is 3. The molecule has 1 aromatic carbocycles. The summed E-state index contributed by atoms with van der Waals surface area (Å²) >= 11 is 0. The van der Waals surface area contributed by atoms with Crippen LogP contribution in [0, 0.1) is 0 Å². The van der Waals surface area contributed by atoms with E-state index in [1.165, 1.54) is 0 Å². The second kappa shape index (κ2) is 7.61. The van der Waals surface area contributed by atoms with Crippen molar-refractivity contribution in [3.05, 3.63) is 48.5 Å². The zero-order valence-electron chi connectivity index (χ0n) is 13.6. The van der Waals surface area contributed by atoms with Crippen LogP contribution in [0.25, 0.3) is 0 Å². The fourth-order valence-corrected chi connectivity index (χ4v) is 2.62. The molecule has 3 N–H and O–H groups in total. The molecule has 2 aromatic rings. The SMILES string of the molecule is O=C(CC1NC(=O)c2ccccc2NC1=O)NCCCn1ccnc1. The highest BCUT2D eigenvalue weighted by atomic mass is 16.2. The zero-order valence-corrected chi connectivity index (χ0v) is 13.6. The van der Waals surface area contributed by atoms with Crippen molar-refractivity contribution in [2.75, 3.05) is 11.9 Å². The van der Waals surface area contributed by atoms with Crippen molar-refractivity contribution in [1.82, 2.24) is 20.2 Å². The van der Waals surface area contributed by atoms with Gasteiger partial charge in [0.1, 0.15) is 6.04 Å². The van der Waals surface area contributed by atoms with Crippen molar-refractivity contribution in [2.24, 2.45) is 0 Å². The standard InChI is InChI=1S/C17H19N5O3/c23-15(19-6-3-8-22-9-7-18-11-22)10-14-17(25)20-13-5-2-1-4-12(13)16(24)21-14/h1-2,4-5,7,9,11,14H,3,6,8,10H2,(H,19,23)(H,20,25)(H,21,24). The van der Waals surface area contributed by atoms with Gasteiger partial charge in [0, 0.05) is 25.5 Å². The molecule has 0 spiro atoms. The molecule has 3 amide bonds. The van der Waals surface area contributed by atoms with Crippen LogP contribution in [0.15, 0.2) is 43.0 Å². The molecule has 0 saturated carbocycles. The highest BCUT2D eigenvalue weighted by molar-refractivity contribution is 6.10. The van der Waals surface area contributed by atoms with Crippen LogP contribution < -0.4 is 16.0 Å². The topological polar surface area (TPSA) is 105 Å².